The van der Waals surface area contributed by atoms with E-state index in [1.807, 2.05) is 6.92 Å². The second kappa shape index (κ2) is 8.02. The van der Waals surface area contributed by atoms with Gasteiger partial charge < -0.3 is 9.84 Å². The van der Waals surface area contributed by atoms with Crippen LogP contribution in [0.2, 0.25) is 0 Å². The summed E-state index contributed by atoms with van der Waals surface area (Å²) in [5.74, 6) is -1.77. The molecule has 0 atom stereocenters. The summed E-state index contributed by atoms with van der Waals surface area (Å²) in [6.45, 7) is 3.60. The Kier molecular flexibility index (Phi) is 6.05. The summed E-state index contributed by atoms with van der Waals surface area (Å²) in [6, 6.07) is 6.51. The van der Waals surface area contributed by atoms with Crippen molar-refractivity contribution in [1.82, 2.24) is 10.6 Å². The zero-order valence-corrected chi connectivity index (χ0v) is 14.0. The number of thioether (sulfide) groups is 1. The number of aromatic nitrogens is 1. The lowest BCUT2D eigenvalue weighted by Crippen LogP contribution is -2.23. The Morgan fingerprint density at radius 2 is 2.04 bits per heavy atom. The van der Waals surface area contributed by atoms with Crippen molar-refractivity contribution in [3.05, 3.63) is 41.3 Å². The summed E-state index contributed by atoms with van der Waals surface area (Å²) >= 11 is 5.59. The molecule has 5 nitrogen and oxygen atoms in total. The van der Waals surface area contributed by atoms with Gasteiger partial charge in [-0.15, -0.1) is 0 Å². The van der Waals surface area contributed by atoms with Crippen molar-refractivity contribution < 1.29 is 13.3 Å². The first-order valence-electron chi connectivity index (χ1n) is 6.53. The molecule has 0 bridgehead atoms. The van der Waals surface area contributed by atoms with E-state index in [4.69, 9.17) is 16.7 Å². The summed E-state index contributed by atoms with van der Waals surface area (Å²) in [7, 11) is 0. The van der Waals surface area contributed by atoms with E-state index < -0.39 is 5.76 Å². The molecular formula is C14H14F2N4OS2. The van der Waals surface area contributed by atoms with Gasteiger partial charge in [0.25, 0.3) is 5.76 Å². The number of hydrazone groups is 1. The van der Waals surface area contributed by atoms with E-state index in [1.54, 1.807) is 37.4 Å². The van der Waals surface area contributed by atoms with Crippen molar-refractivity contribution in [2.24, 2.45) is 5.10 Å². The summed E-state index contributed by atoms with van der Waals surface area (Å²) in [6.07, 6.45) is 1.57. The van der Waals surface area contributed by atoms with Crippen molar-refractivity contribution in [1.29, 1.82) is 0 Å². The van der Waals surface area contributed by atoms with E-state index in [0.717, 1.165) is 11.3 Å². The van der Waals surface area contributed by atoms with Gasteiger partial charge in [0.05, 0.1) is 17.5 Å². The fourth-order valence-corrected chi connectivity index (χ4v) is 2.38. The number of aryl methyl sites for hydroxylation is 2. The fourth-order valence-electron chi connectivity index (χ4n) is 1.71. The van der Waals surface area contributed by atoms with E-state index in [9.17, 15) is 8.78 Å². The average Bonchev–Trinajstić information content (AvgIpc) is 2.80. The molecule has 2 rings (SSSR count). The molecule has 0 radical (unpaired) electrons. The molecule has 1 heterocycles. The summed E-state index contributed by atoms with van der Waals surface area (Å²) in [5.41, 5.74) is 4.86. The normalized spacial score (nSPS) is 11.2. The standard InChI is InChI=1S/C14H14F2N4OS2/c1-8-12(9(2)21-20-8)7-17-19-14(22)18-10-3-5-11(6-4-10)23-13(15)16/h3-7,13H,1-2H3,(H2,18,19,22). The van der Waals surface area contributed by atoms with Crippen molar-refractivity contribution >= 4 is 41.0 Å². The Morgan fingerprint density at radius 1 is 1.35 bits per heavy atom. The molecule has 2 aromatic rings. The fraction of sp³-hybridized carbons (Fsp3) is 0.214. The molecule has 2 N–H and O–H groups in total. The molecule has 122 valence electrons. The highest BCUT2D eigenvalue weighted by Crippen LogP contribution is 2.26. The SMILES string of the molecule is Cc1noc(C)c1C=NNC(=S)Nc1ccc(SC(F)F)cc1. The quantitative estimate of drug-likeness (QED) is 0.366. The van der Waals surface area contributed by atoms with Gasteiger partial charge in [-0.3, -0.25) is 5.43 Å². The molecule has 0 fully saturated rings. The van der Waals surface area contributed by atoms with Crippen LogP contribution in [0.1, 0.15) is 17.0 Å². The Labute approximate surface area is 141 Å². The molecule has 0 amide bonds. The Balaban J connectivity index is 1.87. The van der Waals surface area contributed by atoms with Crippen LogP contribution < -0.4 is 10.7 Å². The molecule has 0 unspecified atom stereocenters. The van der Waals surface area contributed by atoms with Crippen LogP contribution in [0.3, 0.4) is 0 Å². The molecule has 0 aliphatic carbocycles. The minimum Gasteiger partial charge on any atom is -0.361 e. The number of benzene rings is 1. The van der Waals surface area contributed by atoms with Crippen LogP contribution in [-0.4, -0.2) is 22.2 Å². The molecule has 0 saturated carbocycles. The minimum atomic E-state index is -2.43. The van der Waals surface area contributed by atoms with E-state index in [-0.39, 0.29) is 5.11 Å². The number of thiocarbonyl (C=S) groups is 1. The highest BCUT2D eigenvalue weighted by molar-refractivity contribution is 7.99. The highest BCUT2D eigenvalue weighted by atomic mass is 32.2. The van der Waals surface area contributed by atoms with Crippen LogP contribution in [0, 0.1) is 13.8 Å². The molecule has 0 aliphatic heterocycles. The van der Waals surface area contributed by atoms with Crippen molar-refractivity contribution in [2.45, 2.75) is 24.5 Å². The smallest absolute Gasteiger partial charge is 0.288 e. The molecule has 23 heavy (non-hydrogen) atoms. The van der Waals surface area contributed by atoms with E-state index in [0.29, 0.717) is 28.1 Å². The maximum absolute atomic E-state index is 12.2. The lowest BCUT2D eigenvalue weighted by atomic mass is 10.2. The van der Waals surface area contributed by atoms with Gasteiger partial charge in [0.2, 0.25) is 0 Å². The van der Waals surface area contributed by atoms with Gasteiger partial charge in [0, 0.05) is 10.6 Å². The predicted octanol–water partition coefficient (Wildman–Crippen LogP) is 3.93. The first-order chi connectivity index (χ1) is 11.0. The highest BCUT2D eigenvalue weighted by Gasteiger charge is 2.06. The summed E-state index contributed by atoms with van der Waals surface area (Å²) < 4.78 is 29.5. The zero-order valence-electron chi connectivity index (χ0n) is 12.3. The lowest BCUT2D eigenvalue weighted by Gasteiger charge is -2.07. The number of rotatable bonds is 5. The van der Waals surface area contributed by atoms with Gasteiger partial charge in [0.15, 0.2) is 5.11 Å². The molecule has 0 aliphatic rings. The minimum absolute atomic E-state index is 0.280. The zero-order chi connectivity index (χ0) is 16.8. The van der Waals surface area contributed by atoms with Crippen molar-refractivity contribution in [2.75, 3.05) is 5.32 Å². The summed E-state index contributed by atoms with van der Waals surface area (Å²) in [5, 5.41) is 11.0. The Morgan fingerprint density at radius 3 is 2.61 bits per heavy atom. The number of nitrogens with one attached hydrogen (secondary N) is 2. The average molecular weight is 356 g/mol. The Hall–Kier alpha value is -2.00. The van der Waals surface area contributed by atoms with Crippen LogP contribution in [0.15, 0.2) is 38.8 Å². The largest absolute Gasteiger partial charge is 0.361 e. The second-order valence-electron chi connectivity index (χ2n) is 4.46. The molecule has 0 spiro atoms. The maximum atomic E-state index is 12.2. The van der Waals surface area contributed by atoms with E-state index in [2.05, 4.69) is 21.0 Å². The van der Waals surface area contributed by atoms with Gasteiger partial charge in [-0.1, -0.05) is 16.9 Å². The van der Waals surface area contributed by atoms with Gasteiger partial charge in [-0.05, 0) is 50.3 Å². The predicted molar refractivity (Wildman–Crippen MR) is 91.2 cm³/mol. The van der Waals surface area contributed by atoms with Crippen LogP contribution in [0.4, 0.5) is 14.5 Å². The summed E-state index contributed by atoms with van der Waals surface area (Å²) in [4.78, 5) is 0.487. The topological polar surface area (TPSA) is 62.5 Å². The number of alkyl halides is 2. The van der Waals surface area contributed by atoms with E-state index in [1.165, 1.54) is 0 Å². The third-order valence-electron chi connectivity index (χ3n) is 2.79. The van der Waals surface area contributed by atoms with E-state index >= 15 is 0 Å². The maximum Gasteiger partial charge on any atom is 0.288 e. The van der Waals surface area contributed by atoms with Crippen LogP contribution in [0.25, 0.3) is 0 Å². The molecular weight excluding hydrogens is 342 g/mol. The van der Waals surface area contributed by atoms with Gasteiger partial charge in [0.1, 0.15) is 5.76 Å². The molecule has 1 aromatic heterocycles. The Bertz CT molecular complexity index is 682. The lowest BCUT2D eigenvalue weighted by molar-refractivity contribution is 0.252. The number of anilines is 1. The van der Waals surface area contributed by atoms with Crippen LogP contribution in [-0.2, 0) is 0 Å². The number of hydrogen-bond acceptors (Lipinski definition) is 5. The van der Waals surface area contributed by atoms with Gasteiger partial charge in [-0.2, -0.15) is 13.9 Å². The first-order valence-corrected chi connectivity index (χ1v) is 7.82. The third kappa shape index (κ3) is 5.29. The molecule has 0 saturated heterocycles. The van der Waals surface area contributed by atoms with Crippen LogP contribution >= 0.6 is 24.0 Å². The van der Waals surface area contributed by atoms with Crippen molar-refractivity contribution in [3.8, 4) is 0 Å². The number of hydrogen-bond donors (Lipinski definition) is 2. The number of nitrogens with zero attached hydrogens (tertiary/aromatic N) is 2. The van der Waals surface area contributed by atoms with Gasteiger partial charge >= 0.3 is 0 Å². The number of halogens is 2. The molecule has 9 heteroatoms. The monoisotopic (exact) mass is 356 g/mol. The molecule has 1 aromatic carbocycles. The first kappa shape index (κ1) is 17.4. The second-order valence-corrected chi connectivity index (χ2v) is 5.94. The van der Waals surface area contributed by atoms with Crippen LogP contribution in [0.5, 0.6) is 0 Å². The van der Waals surface area contributed by atoms with Crippen molar-refractivity contribution in [3.63, 3.8) is 0 Å². The van der Waals surface area contributed by atoms with Gasteiger partial charge in [-0.25, -0.2) is 0 Å². The third-order valence-corrected chi connectivity index (χ3v) is 3.70.